The van der Waals surface area contributed by atoms with Gasteiger partial charge in [-0.25, -0.2) is 0 Å². The number of hydrogen-bond acceptors (Lipinski definition) is 3. The van der Waals surface area contributed by atoms with Crippen molar-refractivity contribution >= 4 is 5.97 Å². The van der Waals surface area contributed by atoms with Crippen LogP contribution < -0.4 is 5.32 Å². The molecule has 0 aliphatic heterocycles. The molecular weight excluding hydrogens is 274 g/mol. The first-order valence-corrected chi connectivity index (χ1v) is 7.58. The number of nitrogens with one attached hydrogen (secondary N) is 1. The van der Waals surface area contributed by atoms with Crippen molar-refractivity contribution in [2.75, 3.05) is 6.61 Å². The summed E-state index contributed by atoms with van der Waals surface area (Å²) in [4.78, 5) is 12.0. The van der Waals surface area contributed by atoms with Crippen LogP contribution in [0.2, 0.25) is 0 Å². The molecule has 0 bridgehead atoms. The van der Waals surface area contributed by atoms with Gasteiger partial charge in [0, 0.05) is 13.5 Å². The maximum absolute atomic E-state index is 12.0. The van der Waals surface area contributed by atoms with Crippen molar-refractivity contribution < 1.29 is 10.9 Å². The van der Waals surface area contributed by atoms with Gasteiger partial charge in [0.15, 0.2) is 0 Å². The van der Waals surface area contributed by atoms with Crippen LogP contribution in [0.15, 0.2) is 60.7 Å². The maximum Gasteiger partial charge on any atom is 0.307 e. The van der Waals surface area contributed by atoms with Gasteiger partial charge in [-0.2, -0.15) is 0 Å². The van der Waals surface area contributed by atoms with Crippen molar-refractivity contribution in [3.8, 4) is 0 Å². The predicted octanol–water partition coefficient (Wildman–Crippen LogP) is 4.03. The lowest BCUT2D eigenvalue weighted by atomic mass is 10.0. The molecule has 3 nitrogen and oxygen atoms in total. The monoisotopic (exact) mass is 298 g/mol. The normalized spacial score (nSPS) is 15.5. The third kappa shape index (κ3) is 4.71. The van der Waals surface area contributed by atoms with Crippen LogP contribution in [0, 0.1) is 0 Å². The number of benzene rings is 2. The van der Waals surface area contributed by atoms with Gasteiger partial charge in [-0.1, -0.05) is 60.7 Å². The molecule has 0 aliphatic rings. The first-order valence-electron chi connectivity index (χ1n) is 8.16. The molecule has 2 rings (SSSR count). The Morgan fingerprint density at radius 1 is 1.09 bits per heavy atom. The summed E-state index contributed by atoms with van der Waals surface area (Å²) in [6.07, 6.45) is -1.01. The Morgan fingerprint density at radius 3 is 2.18 bits per heavy atom. The predicted molar refractivity (Wildman–Crippen MR) is 88.4 cm³/mol. The summed E-state index contributed by atoms with van der Waals surface area (Å²) in [5, 5.41) is 3.40. The van der Waals surface area contributed by atoms with Gasteiger partial charge >= 0.3 is 5.97 Å². The maximum atomic E-state index is 12.0. The number of rotatable bonds is 7. The highest BCUT2D eigenvalue weighted by Gasteiger charge is 2.19. The fraction of sp³-hybridized carbons (Fsp3) is 0.316. The zero-order valence-corrected chi connectivity index (χ0v) is 13.0. The Labute approximate surface area is 133 Å². The molecule has 0 heterocycles. The highest BCUT2D eigenvalue weighted by Crippen LogP contribution is 2.22. The number of ether oxygens (including phenoxy) is 1. The van der Waals surface area contributed by atoms with E-state index in [4.69, 9.17) is 6.11 Å². The molecule has 3 heteroatoms. The molecule has 22 heavy (non-hydrogen) atoms. The highest BCUT2D eigenvalue weighted by molar-refractivity contribution is 5.70. The smallest absolute Gasteiger partial charge is 0.307 e. The Bertz CT molecular complexity index is 603. The van der Waals surface area contributed by atoms with Crippen molar-refractivity contribution in [3.05, 3.63) is 71.8 Å². The van der Waals surface area contributed by atoms with Gasteiger partial charge in [0.25, 0.3) is 0 Å². The van der Waals surface area contributed by atoms with Crippen LogP contribution in [-0.2, 0) is 9.53 Å². The molecule has 2 aromatic carbocycles. The van der Waals surface area contributed by atoms with E-state index in [0.717, 1.165) is 11.1 Å². The van der Waals surface area contributed by atoms with E-state index in [1.54, 1.807) is 6.92 Å². The van der Waals surface area contributed by atoms with Gasteiger partial charge in [-0.3, -0.25) is 4.79 Å². The Hall–Kier alpha value is -2.13. The van der Waals surface area contributed by atoms with Crippen LogP contribution in [-0.4, -0.2) is 12.6 Å². The third-order valence-corrected chi connectivity index (χ3v) is 3.48. The Balaban J connectivity index is 2.22. The van der Waals surface area contributed by atoms with Gasteiger partial charge in [-0.15, -0.1) is 0 Å². The topological polar surface area (TPSA) is 38.3 Å². The fourth-order valence-corrected chi connectivity index (χ4v) is 2.33. The molecule has 0 radical (unpaired) electrons. The SMILES string of the molecule is [2H][C@@H](C(=O)OCC)[C@H](N[C@H](C)c1ccccc1)c1ccccc1. The van der Waals surface area contributed by atoms with Crippen molar-refractivity contribution in [2.24, 2.45) is 0 Å². The fourth-order valence-electron chi connectivity index (χ4n) is 2.33. The van der Waals surface area contributed by atoms with E-state index in [9.17, 15) is 4.79 Å². The summed E-state index contributed by atoms with van der Waals surface area (Å²) in [5.74, 6) is -0.505. The van der Waals surface area contributed by atoms with Crippen LogP contribution in [0.5, 0.6) is 0 Å². The minimum Gasteiger partial charge on any atom is -0.466 e. The van der Waals surface area contributed by atoms with Crippen LogP contribution in [0.4, 0.5) is 0 Å². The molecular formula is C19H23NO2. The lowest BCUT2D eigenvalue weighted by Crippen LogP contribution is -2.27. The van der Waals surface area contributed by atoms with E-state index in [1.165, 1.54) is 0 Å². The van der Waals surface area contributed by atoms with Crippen molar-refractivity contribution in [2.45, 2.75) is 32.3 Å². The van der Waals surface area contributed by atoms with E-state index >= 15 is 0 Å². The summed E-state index contributed by atoms with van der Waals surface area (Å²) in [6.45, 7) is 4.06. The second kappa shape index (κ2) is 8.35. The van der Waals surface area contributed by atoms with Gasteiger partial charge in [-0.05, 0) is 25.0 Å². The summed E-state index contributed by atoms with van der Waals surface area (Å²) in [7, 11) is 0. The highest BCUT2D eigenvalue weighted by atomic mass is 16.5. The van der Waals surface area contributed by atoms with Gasteiger partial charge < -0.3 is 10.1 Å². The van der Waals surface area contributed by atoms with E-state index < -0.39 is 18.4 Å². The molecule has 1 N–H and O–H groups in total. The summed E-state index contributed by atoms with van der Waals surface area (Å²) in [6, 6.07) is 19.2. The summed E-state index contributed by atoms with van der Waals surface area (Å²) < 4.78 is 13.3. The minimum absolute atomic E-state index is 0.0173. The molecule has 0 unspecified atom stereocenters. The van der Waals surface area contributed by atoms with E-state index in [1.807, 2.05) is 67.6 Å². The average Bonchev–Trinajstić information content (AvgIpc) is 2.60. The largest absolute Gasteiger partial charge is 0.466 e. The quantitative estimate of drug-likeness (QED) is 0.784. The first kappa shape index (κ1) is 14.8. The second-order valence-corrected chi connectivity index (χ2v) is 5.11. The van der Waals surface area contributed by atoms with Crippen LogP contribution >= 0.6 is 0 Å². The van der Waals surface area contributed by atoms with Crippen molar-refractivity contribution in [1.82, 2.24) is 5.32 Å². The standard InChI is InChI=1S/C19H23NO2/c1-3-22-19(21)14-18(17-12-8-5-9-13-17)20-15(2)16-10-6-4-7-11-16/h4-13,15,18,20H,3,14H2,1-2H3/t15-,18+/m1/s1/i14D/t14-,15-,18+. The summed E-state index contributed by atoms with van der Waals surface area (Å²) >= 11 is 0. The molecule has 0 spiro atoms. The molecule has 2 aromatic rings. The number of carbonyl (C=O) groups is 1. The average molecular weight is 298 g/mol. The van der Waals surface area contributed by atoms with Gasteiger partial charge in [0.05, 0.1) is 13.0 Å². The number of esters is 1. The summed E-state index contributed by atoms with van der Waals surface area (Å²) in [5.41, 5.74) is 2.02. The van der Waals surface area contributed by atoms with Crippen LogP contribution in [0.1, 0.15) is 44.8 Å². The van der Waals surface area contributed by atoms with Crippen molar-refractivity contribution in [1.29, 1.82) is 0 Å². The van der Waals surface area contributed by atoms with Crippen LogP contribution in [0.3, 0.4) is 0 Å². The van der Waals surface area contributed by atoms with Crippen LogP contribution in [0.25, 0.3) is 0 Å². The van der Waals surface area contributed by atoms with E-state index in [-0.39, 0.29) is 12.6 Å². The zero-order chi connectivity index (χ0) is 16.7. The molecule has 0 fully saturated rings. The molecule has 116 valence electrons. The molecule has 3 atom stereocenters. The Kier molecular flexibility index (Phi) is 5.61. The first-order chi connectivity index (χ1) is 11.1. The molecule has 0 aromatic heterocycles. The number of carbonyl (C=O) groups excluding carboxylic acids is 1. The molecule has 0 saturated carbocycles. The lowest BCUT2D eigenvalue weighted by Gasteiger charge is -2.23. The second-order valence-electron chi connectivity index (χ2n) is 5.11. The van der Waals surface area contributed by atoms with E-state index in [0.29, 0.717) is 0 Å². The molecule has 0 aliphatic carbocycles. The zero-order valence-electron chi connectivity index (χ0n) is 14.0. The Morgan fingerprint density at radius 2 is 1.64 bits per heavy atom. The minimum atomic E-state index is -1.01. The van der Waals surface area contributed by atoms with Gasteiger partial charge in [0.2, 0.25) is 0 Å². The van der Waals surface area contributed by atoms with Gasteiger partial charge in [0.1, 0.15) is 0 Å². The third-order valence-electron chi connectivity index (χ3n) is 3.48. The lowest BCUT2D eigenvalue weighted by molar-refractivity contribution is -0.143. The van der Waals surface area contributed by atoms with Crippen molar-refractivity contribution in [3.63, 3.8) is 0 Å². The number of hydrogen-bond donors (Lipinski definition) is 1. The molecule has 0 amide bonds. The molecule has 0 saturated heterocycles. The van der Waals surface area contributed by atoms with E-state index in [2.05, 4.69) is 5.32 Å².